The van der Waals surface area contributed by atoms with Gasteiger partial charge in [-0.05, 0) is 19.4 Å². The number of rotatable bonds is 3. The van der Waals surface area contributed by atoms with Gasteiger partial charge >= 0.3 is 6.18 Å². The number of nitrogens with zero attached hydrogens (tertiary/aromatic N) is 5. The fraction of sp³-hybridized carbons (Fsp3) is 0.429. The van der Waals surface area contributed by atoms with Crippen molar-refractivity contribution >= 4 is 17.7 Å². The van der Waals surface area contributed by atoms with Gasteiger partial charge in [-0.1, -0.05) is 0 Å². The van der Waals surface area contributed by atoms with Gasteiger partial charge < -0.3 is 5.32 Å². The van der Waals surface area contributed by atoms with Crippen molar-refractivity contribution in [2.75, 3.05) is 16.8 Å². The van der Waals surface area contributed by atoms with Gasteiger partial charge in [0.2, 0.25) is 5.95 Å². The molecule has 0 saturated carbocycles. The minimum atomic E-state index is -4.56. The van der Waals surface area contributed by atoms with Crippen molar-refractivity contribution < 1.29 is 18.0 Å². The third-order valence-corrected chi connectivity index (χ3v) is 3.71. The van der Waals surface area contributed by atoms with Gasteiger partial charge in [-0.25, -0.2) is 9.97 Å². The zero-order chi connectivity index (χ0) is 17.5. The van der Waals surface area contributed by atoms with Gasteiger partial charge in [0.15, 0.2) is 0 Å². The van der Waals surface area contributed by atoms with Gasteiger partial charge in [-0.3, -0.25) is 14.4 Å². The minimum absolute atomic E-state index is 0.216. The van der Waals surface area contributed by atoms with E-state index in [1.54, 1.807) is 22.7 Å². The molecule has 1 saturated heterocycles. The lowest BCUT2D eigenvalue weighted by molar-refractivity contribution is -0.141. The number of halogens is 3. The number of aryl methyl sites for hydroxylation is 2. The van der Waals surface area contributed by atoms with E-state index >= 15 is 0 Å². The fourth-order valence-electron chi connectivity index (χ4n) is 2.63. The third-order valence-electron chi connectivity index (χ3n) is 3.71. The van der Waals surface area contributed by atoms with Crippen LogP contribution in [-0.4, -0.2) is 38.2 Å². The largest absolute Gasteiger partial charge is 0.433 e. The Labute approximate surface area is 135 Å². The molecule has 3 rings (SSSR count). The summed E-state index contributed by atoms with van der Waals surface area (Å²) in [5.41, 5.74) is -0.275. The molecule has 0 aliphatic carbocycles. The van der Waals surface area contributed by atoms with Gasteiger partial charge in [0, 0.05) is 25.9 Å². The Morgan fingerprint density at radius 2 is 2.12 bits per heavy atom. The van der Waals surface area contributed by atoms with E-state index in [2.05, 4.69) is 20.4 Å². The van der Waals surface area contributed by atoms with E-state index in [4.69, 9.17) is 0 Å². The first-order valence-corrected chi connectivity index (χ1v) is 7.24. The number of amides is 1. The summed E-state index contributed by atoms with van der Waals surface area (Å²) in [6.45, 7) is 2.25. The van der Waals surface area contributed by atoms with Crippen LogP contribution in [0, 0.1) is 6.92 Å². The highest BCUT2D eigenvalue weighted by atomic mass is 19.4. The van der Waals surface area contributed by atoms with Crippen molar-refractivity contribution in [2.24, 2.45) is 7.05 Å². The summed E-state index contributed by atoms with van der Waals surface area (Å²) >= 11 is 0. The summed E-state index contributed by atoms with van der Waals surface area (Å²) in [6, 6.07) is 1.89. The van der Waals surface area contributed by atoms with Gasteiger partial charge in [0.05, 0.1) is 5.69 Å². The molecule has 1 fully saturated rings. The Hall–Kier alpha value is -2.65. The molecule has 24 heavy (non-hydrogen) atoms. The smallest absolute Gasteiger partial charge is 0.342 e. The maximum absolute atomic E-state index is 12.7. The zero-order valence-corrected chi connectivity index (χ0v) is 13.0. The first kappa shape index (κ1) is 16.2. The monoisotopic (exact) mass is 340 g/mol. The summed E-state index contributed by atoms with van der Waals surface area (Å²) in [4.78, 5) is 21.2. The Bertz CT molecular complexity index is 772. The lowest BCUT2D eigenvalue weighted by Gasteiger charge is -2.17. The van der Waals surface area contributed by atoms with E-state index in [0.717, 1.165) is 18.0 Å². The number of aromatic nitrogens is 4. The molecule has 2 aromatic rings. The average molecular weight is 340 g/mol. The first-order valence-electron chi connectivity index (χ1n) is 7.24. The second kappa shape index (κ2) is 5.77. The molecule has 10 heteroatoms. The number of carbonyl (C=O) groups is 1. The van der Waals surface area contributed by atoms with E-state index in [-0.39, 0.29) is 11.9 Å². The molecule has 0 bridgehead atoms. The Morgan fingerprint density at radius 3 is 2.75 bits per heavy atom. The standard InChI is InChI=1S/C14H15F3N6O/c1-8-7-11(22(2)21-8)23-6-4-9(12(23)24)19-13-18-5-3-10(20-13)14(15,16)17/h3,5,7,9H,4,6H2,1-2H3,(H,18,19,20). The normalized spacial score (nSPS) is 18.3. The average Bonchev–Trinajstić information content (AvgIpc) is 3.01. The highest BCUT2D eigenvalue weighted by Crippen LogP contribution is 2.28. The van der Waals surface area contributed by atoms with E-state index in [1.165, 1.54) is 0 Å². The molecular formula is C14H15F3N6O. The van der Waals surface area contributed by atoms with Crippen molar-refractivity contribution in [3.05, 3.63) is 29.7 Å². The van der Waals surface area contributed by atoms with Crippen LogP contribution < -0.4 is 10.2 Å². The summed E-state index contributed by atoms with van der Waals surface area (Å²) < 4.78 is 39.6. The summed E-state index contributed by atoms with van der Waals surface area (Å²) in [5.74, 6) is 0.178. The van der Waals surface area contributed by atoms with Gasteiger partial charge in [-0.2, -0.15) is 18.3 Å². The van der Waals surface area contributed by atoms with Crippen molar-refractivity contribution in [3.8, 4) is 0 Å². The SMILES string of the molecule is Cc1cc(N2CCC(Nc3nccc(C(F)(F)F)n3)C2=O)n(C)n1. The minimum Gasteiger partial charge on any atom is -0.342 e. The molecule has 1 atom stereocenters. The number of carbonyl (C=O) groups excluding carboxylic acids is 1. The van der Waals surface area contributed by atoms with Gasteiger partial charge in [0.25, 0.3) is 5.91 Å². The molecule has 0 spiro atoms. The summed E-state index contributed by atoms with van der Waals surface area (Å²) in [6.07, 6.45) is -3.11. The number of hydrogen-bond acceptors (Lipinski definition) is 5. The van der Waals surface area contributed by atoms with E-state index < -0.39 is 17.9 Å². The molecule has 0 aromatic carbocycles. The maximum atomic E-state index is 12.7. The second-order valence-corrected chi connectivity index (χ2v) is 5.51. The Kier molecular flexibility index (Phi) is 3.90. The lowest BCUT2D eigenvalue weighted by atomic mass is 10.2. The fourth-order valence-corrected chi connectivity index (χ4v) is 2.63. The molecular weight excluding hydrogens is 325 g/mol. The van der Waals surface area contributed by atoms with Crippen LogP contribution in [0.3, 0.4) is 0 Å². The number of nitrogens with one attached hydrogen (secondary N) is 1. The molecule has 1 unspecified atom stereocenters. The number of hydrogen-bond donors (Lipinski definition) is 1. The van der Waals surface area contributed by atoms with Crippen molar-refractivity contribution in [2.45, 2.75) is 25.6 Å². The molecule has 3 heterocycles. The lowest BCUT2D eigenvalue weighted by Crippen LogP contribution is -2.35. The van der Waals surface area contributed by atoms with Crippen molar-refractivity contribution in [1.82, 2.24) is 19.7 Å². The first-order chi connectivity index (χ1) is 11.3. The molecule has 1 amide bonds. The van der Waals surface area contributed by atoms with Crippen LogP contribution in [0.15, 0.2) is 18.3 Å². The predicted octanol–water partition coefficient (Wildman–Crippen LogP) is 1.75. The molecule has 1 aliphatic heterocycles. The van der Waals surface area contributed by atoms with Crippen molar-refractivity contribution in [3.63, 3.8) is 0 Å². The third kappa shape index (κ3) is 3.03. The summed E-state index contributed by atoms with van der Waals surface area (Å²) in [5, 5.41) is 6.88. The molecule has 1 N–H and O–H groups in total. The predicted molar refractivity (Wildman–Crippen MR) is 79.4 cm³/mol. The van der Waals surface area contributed by atoms with Crippen LogP contribution in [0.25, 0.3) is 0 Å². The van der Waals surface area contributed by atoms with E-state index in [9.17, 15) is 18.0 Å². The van der Waals surface area contributed by atoms with Crippen LogP contribution in [0.5, 0.6) is 0 Å². The highest BCUT2D eigenvalue weighted by Gasteiger charge is 2.36. The molecule has 128 valence electrons. The molecule has 0 radical (unpaired) electrons. The van der Waals surface area contributed by atoms with Gasteiger partial charge in [0.1, 0.15) is 17.6 Å². The number of alkyl halides is 3. The van der Waals surface area contributed by atoms with E-state index in [1.807, 2.05) is 6.92 Å². The molecule has 2 aromatic heterocycles. The summed E-state index contributed by atoms with van der Waals surface area (Å²) in [7, 11) is 1.73. The maximum Gasteiger partial charge on any atom is 0.433 e. The second-order valence-electron chi connectivity index (χ2n) is 5.51. The van der Waals surface area contributed by atoms with Crippen molar-refractivity contribution in [1.29, 1.82) is 0 Å². The highest BCUT2D eigenvalue weighted by molar-refractivity contribution is 6.00. The Balaban J connectivity index is 1.76. The topological polar surface area (TPSA) is 75.9 Å². The van der Waals surface area contributed by atoms with Crippen LogP contribution in [0.2, 0.25) is 0 Å². The van der Waals surface area contributed by atoms with Crippen LogP contribution >= 0.6 is 0 Å². The quantitative estimate of drug-likeness (QED) is 0.921. The van der Waals surface area contributed by atoms with Gasteiger partial charge in [-0.15, -0.1) is 0 Å². The number of anilines is 2. The zero-order valence-electron chi connectivity index (χ0n) is 13.0. The van der Waals surface area contributed by atoms with E-state index in [0.29, 0.717) is 18.8 Å². The van der Waals surface area contributed by atoms with Crippen LogP contribution in [0.4, 0.5) is 24.9 Å². The van der Waals surface area contributed by atoms with Crippen LogP contribution in [0.1, 0.15) is 17.8 Å². The molecule has 7 nitrogen and oxygen atoms in total. The Morgan fingerprint density at radius 1 is 1.38 bits per heavy atom. The molecule has 1 aliphatic rings. The van der Waals surface area contributed by atoms with Crippen LogP contribution in [-0.2, 0) is 18.0 Å².